The van der Waals surface area contributed by atoms with Gasteiger partial charge in [-0.05, 0) is 68.5 Å². The van der Waals surface area contributed by atoms with Crippen LogP contribution in [0, 0.1) is 0 Å². The quantitative estimate of drug-likeness (QED) is 0.459. The molecule has 2 aromatic rings. The summed E-state index contributed by atoms with van der Waals surface area (Å²) < 4.78 is 10.8. The van der Waals surface area contributed by atoms with E-state index >= 15 is 0 Å². The van der Waals surface area contributed by atoms with E-state index in [1.54, 1.807) is 55.7 Å². The van der Waals surface area contributed by atoms with Gasteiger partial charge < -0.3 is 14.4 Å². The molecular formula is C27H36N2O5S2. The van der Waals surface area contributed by atoms with Crippen molar-refractivity contribution in [3.8, 4) is 0 Å². The minimum absolute atomic E-state index is 0.0276. The number of ether oxygens (including phenoxy) is 2. The van der Waals surface area contributed by atoms with Crippen molar-refractivity contribution >= 4 is 40.9 Å². The number of benzene rings is 1. The van der Waals surface area contributed by atoms with Crippen molar-refractivity contribution in [2.45, 2.75) is 63.5 Å². The van der Waals surface area contributed by atoms with E-state index < -0.39 is 23.7 Å². The molecule has 3 rings (SSSR count). The number of hydrogen-bond acceptors (Lipinski definition) is 8. The average molecular weight is 533 g/mol. The molecule has 1 saturated heterocycles. The summed E-state index contributed by atoms with van der Waals surface area (Å²) >= 11 is 3.26. The SMILES string of the molecule is CCOC(=O)[C@H](CCc1ccccc1)N[C@H]1CS[C@H](c2ccsc2)CN(CC(=O)OC(C)(C)C)C1=O. The van der Waals surface area contributed by atoms with E-state index in [0.717, 1.165) is 11.1 Å². The lowest BCUT2D eigenvalue weighted by Gasteiger charge is -2.28. The van der Waals surface area contributed by atoms with Gasteiger partial charge in [0.2, 0.25) is 5.91 Å². The number of thioether (sulfide) groups is 1. The van der Waals surface area contributed by atoms with Crippen LogP contribution >= 0.6 is 23.1 Å². The Morgan fingerprint density at radius 3 is 2.58 bits per heavy atom. The smallest absolute Gasteiger partial charge is 0.326 e. The molecule has 1 N–H and O–H groups in total. The van der Waals surface area contributed by atoms with Gasteiger partial charge in [-0.2, -0.15) is 11.3 Å². The van der Waals surface area contributed by atoms with Crippen LogP contribution in [0.15, 0.2) is 47.2 Å². The molecule has 2 heterocycles. The Hall–Kier alpha value is -2.36. The molecule has 0 unspecified atom stereocenters. The summed E-state index contributed by atoms with van der Waals surface area (Å²) in [5.41, 5.74) is 1.59. The Kier molecular flexibility index (Phi) is 10.4. The first kappa shape index (κ1) is 28.2. The molecule has 1 aliphatic heterocycles. The van der Waals surface area contributed by atoms with E-state index in [9.17, 15) is 14.4 Å². The summed E-state index contributed by atoms with van der Waals surface area (Å²) in [7, 11) is 0. The van der Waals surface area contributed by atoms with Crippen molar-refractivity contribution in [1.29, 1.82) is 0 Å². The Morgan fingerprint density at radius 1 is 1.19 bits per heavy atom. The highest BCUT2D eigenvalue weighted by Crippen LogP contribution is 2.34. The van der Waals surface area contributed by atoms with Crippen molar-refractivity contribution in [2.24, 2.45) is 0 Å². The molecule has 1 fully saturated rings. The number of hydrogen-bond donors (Lipinski definition) is 1. The van der Waals surface area contributed by atoms with Crippen LogP contribution in [0.3, 0.4) is 0 Å². The van der Waals surface area contributed by atoms with Gasteiger partial charge in [-0.3, -0.25) is 19.7 Å². The summed E-state index contributed by atoms with van der Waals surface area (Å²) in [6.45, 7) is 7.71. The van der Waals surface area contributed by atoms with Gasteiger partial charge in [0.15, 0.2) is 0 Å². The molecule has 0 aliphatic carbocycles. The molecule has 1 amide bonds. The summed E-state index contributed by atoms with van der Waals surface area (Å²) in [6, 6.07) is 10.7. The van der Waals surface area contributed by atoms with Gasteiger partial charge in [0.05, 0.1) is 12.6 Å². The number of thiophene rings is 1. The number of amides is 1. The normalized spacial score (nSPS) is 19.4. The maximum absolute atomic E-state index is 13.6. The van der Waals surface area contributed by atoms with Crippen LogP contribution in [-0.2, 0) is 30.3 Å². The number of nitrogens with one attached hydrogen (secondary N) is 1. The third-order valence-electron chi connectivity index (χ3n) is 5.65. The fourth-order valence-corrected chi connectivity index (χ4v) is 6.10. The number of rotatable bonds is 10. The first-order chi connectivity index (χ1) is 17.2. The van der Waals surface area contributed by atoms with E-state index in [-0.39, 0.29) is 30.3 Å². The third kappa shape index (κ3) is 8.64. The summed E-state index contributed by atoms with van der Waals surface area (Å²) in [6.07, 6.45) is 1.17. The average Bonchev–Trinajstić information content (AvgIpc) is 3.31. The topological polar surface area (TPSA) is 84.9 Å². The monoisotopic (exact) mass is 532 g/mol. The number of carbonyl (C=O) groups excluding carboxylic acids is 3. The maximum Gasteiger partial charge on any atom is 0.326 e. The largest absolute Gasteiger partial charge is 0.465 e. The molecule has 3 atom stereocenters. The molecule has 1 aliphatic rings. The number of carbonyl (C=O) groups is 3. The lowest BCUT2D eigenvalue weighted by atomic mass is 10.0. The highest BCUT2D eigenvalue weighted by molar-refractivity contribution is 7.99. The Balaban J connectivity index is 1.78. The molecule has 0 saturated carbocycles. The Labute approximate surface area is 221 Å². The first-order valence-electron chi connectivity index (χ1n) is 12.3. The van der Waals surface area contributed by atoms with E-state index in [0.29, 0.717) is 25.1 Å². The van der Waals surface area contributed by atoms with Crippen LogP contribution in [0.1, 0.15) is 50.5 Å². The van der Waals surface area contributed by atoms with Gasteiger partial charge >= 0.3 is 11.9 Å². The lowest BCUT2D eigenvalue weighted by molar-refractivity contribution is -0.159. The molecule has 0 bridgehead atoms. The fourth-order valence-electron chi connectivity index (χ4n) is 4.01. The Bertz CT molecular complexity index is 991. The van der Waals surface area contributed by atoms with Crippen molar-refractivity contribution in [1.82, 2.24) is 10.2 Å². The second-order valence-corrected chi connectivity index (χ2v) is 11.7. The standard InChI is InChI=1S/C27H36N2O5S2/c1-5-33-26(32)21(12-11-19-9-7-6-8-10-19)28-22-18-36-23(20-13-14-35-17-20)15-29(25(22)31)16-24(30)34-27(2,3)4/h6-10,13-14,17,21-23,28H,5,11-12,15-16,18H2,1-4H3/t21-,22-,23-/m0/s1. The second kappa shape index (κ2) is 13.3. The number of aryl methyl sites for hydroxylation is 1. The van der Waals surface area contributed by atoms with Gasteiger partial charge in [0.1, 0.15) is 18.2 Å². The third-order valence-corrected chi connectivity index (χ3v) is 7.70. The maximum atomic E-state index is 13.6. The second-order valence-electron chi connectivity index (χ2n) is 9.73. The lowest BCUT2D eigenvalue weighted by Crippen LogP contribution is -2.54. The molecule has 0 spiro atoms. The van der Waals surface area contributed by atoms with Crippen molar-refractivity contribution in [3.05, 3.63) is 58.3 Å². The molecule has 0 radical (unpaired) electrons. The van der Waals surface area contributed by atoms with Crippen molar-refractivity contribution < 1.29 is 23.9 Å². The predicted octanol–water partition coefficient (Wildman–Crippen LogP) is 4.23. The van der Waals surface area contributed by atoms with Crippen molar-refractivity contribution in [2.75, 3.05) is 25.4 Å². The van der Waals surface area contributed by atoms with E-state index in [1.807, 2.05) is 41.8 Å². The highest BCUT2D eigenvalue weighted by atomic mass is 32.2. The van der Waals surface area contributed by atoms with E-state index in [2.05, 4.69) is 10.7 Å². The molecule has 196 valence electrons. The predicted molar refractivity (Wildman–Crippen MR) is 144 cm³/mol. The highest BCUT2D eigenvalue weighted by Gasteiger charge is 2.36. The van der Waals surface area contributed by atoms with Gasteiger partial charge in [-0.25, -0.2) is 0 Å². The molecular weight excluding hydrogens is 496 g/mol. The van der Waals surface area contributed by atoms with Crippen LogP contribution in [0.25, 0.3) is 0 Å². The van der Waals surface area contributed by atoms with E-state index in [1.165, 1.54) is 0 Å². The number of nitrogens with zero attached hydrogens (tertiary/aromatic N) is 1. The number of esters is 2. The molecule has 7 nitrogen and oxygen atoms in total. The van der Waals surface area contributed by atoms with Gasteiger partial charge in [-0.1, -0.05) is 30.3 Å². The van der Waals surface area contributed by atoms with Gasteiger partial charge in [-0.15, -0.1) is 11.8 Å². The minimum Gasteiger partial charge on any atom is -0.465 e. The van der Waals surface area contributed by atoms with Gasteiger partial charge in [0, 0.05) is 17.5 Å². The minimum atomic E-state index is -0.641. The van der Waals surface area contributed by atoms with Gasteiger partial charge in [0.25, 0.3) is 0 Å². The molecule has 9 heteroatoms. The molecule has 1 aromatic carbocycles. The van der Waals surface area contributed by atoms with E-state index in [4.69, 9.17) is 9.47 Å². The zero-order chi connectivity index (χ0) is 26.1. The fraction of sp³-hybridized carbons (Fsp3) is 0.519. The zero-order valence-electron chi connectivity index (χ0n) is 21.4. The first-order valence-corrected chi connectivity index (χ1v) is 14.3. The molecule has 36 heavy (non-hydrogen) atoms. The Morgan fingerprint density at radius 2 is 1.94 bits per heavy atom. The van der Waals surface area contributed by atoms with Crippen LogP contribution in [0.4, 0.5) is 0 Å². The van der Waals surface area contributed by atoms with Crippen LogP contribution in [-0.4, -0.2) is 65.9 Å². The van der Waals surface area contributed by atoms with Crippen LogP contribution in [0.5, 0.6) is 0 Å². The summed E-state index contributed by atoms with van der Waals surface area (Å²) in [4.78, 5) is 40.7. The van der Waals surface area contributed by atoms with Crippen LogP contribution < -0.4 is 5.32 Å². The molecule has 1 aromatic heterocycles. The summed E-state index contributed by atoms with van der Waals surface area (Å²) in [5.74, 6) is -0.550. The zero-order valence-corrected chi connectivity index (χ0v) is 23.0. The van der Waals surface area contributed by atoms with Crippen LogP contribution in [0.2, 0.25) is 0 Å². The summed E-state index contributed by atoms with van der Waals surface area (Å²) in [5, 5.41) is 7.39. The van der Waals surface area contributed by atoms with Crippen molar-refractivity contribution in [3.63, 3.8) is 0 Å².